The molecule has 0 spiro atoms. The minimum Gasteiger partial charge on any atom is -0.489 e. The van der Waals surface area contributed by atoms with E-state index >= 15 is 0 Å². The maximum absolute atomic E-state index is 12.5. The van der Waals surface area contributed by atoms with E-state index in [0.717, 1.165) is 39.4 Å². The lowest BCUT2D eigenvalue weighted by Crippen LogP contribution is -2.22. The zero-order chi connectivity index (χ0) is 17.0. The molecule has 0 atom stereocenters. The van der Waals surface area contributed by atoms with E-state index in [9.17, 15) is 9.59 Å². The Balaban J connectivity index is 2.37. The molecule has 0 saturated carbocycles. The molecule has 3 aromatic rings. The van der Waals surface area contributed by atoms with E-state index < -0.39 is 0 Å². The van der Waals surface area contributed by atoms with E-state index in [2.05, 4.69) is 6.07 Å². The molecular weight excluding hydrogens is 304 g/mol. The Labute approximate surface area is 139 Å². The van der Waals surface area contributed by atoms with Crippen molar-refractivity contribution in [2.75, 3.05) is 6.61 Å². The first-order valence-electron chi connectivity index (χ1n) is 8.37. The van der Waals surface area contributed by atoms with Gasteiger partial charge in [-0.15, -0.1) is 0 Å². The highest BCUT2D eigenvalue weighted by atomic mass is 16.5. The Morgan fingerprint density at radius 1 is 1.00 bits per heavy atom. The van der Waals surface area contributed by atoms with Gasteiger partial charge in [-0.25, -0.2) is 0 Å². The maximum Gasteiger partial charge on any atom is 0.251 e. The summed E-state index contributed by atoms with van der Waals surface area (Å²) in [5.74, 6) is 0.670. The Morgan fingerprint density at radius 3 is 2.38 bits per heavy atom. The number of fused-ring (bicyclic) bond motifs is 2. The molecule has 1 aliphatic heterocycles. The second-order valence-corrected chi connectivity index (χ2v) is 6.43. The van der Waals surface area contributed by atoms with Crippen molar-refractivity contribution >= 4 is 21.8 Å². The number of pyridine rings is 2. The first kappa shape index (κ1) is 15.0. The number of hydrogen-bond donors (Lipinski definition) is 0. The molecule has 0 bridgehead atoms. The van der Waals surface area contributed by atoms with Crippen LogP contribution in [0.1, 0.15) is 24.5 Å². The minimum absolute atomic E-state index is 0.0100. The number of benzene rings is 1. The van der Waals surface area contributed by atoms with Crippen LogP contribution < -0.4 is 15.9 Å². The lowest BCUT2D eigenvalue weighted by atomic mass is 10.0. The van der Waals surface area contributed by atoms with Gasteiger partial charge in [0.05, 0.1) is 17.6 Å². The summed E-state index contributed by atoms with van der Waals surface area (Å²) < 4.78 is 9.60. The largest absolute Gasteiger partial charge is 0.489 e. The molecule has 5 heteroatoms. The van der Waals surface area contributed by atoms with E-state index in [1.165, 1.54) is 0 Å². The van der Waals surface area contributed by atoms with Crippen molar-refractivity contribution in [2.45, 2.75) is 40.3 Å². The second kappa shape index (κ2) is 5.23. The molecule has 0 aliphatic carbocycles. The van der Waals surface area contributed by atoms with Crippen molar-refractivity contribution in [1.29, 1.82) is 0 Å². The van der Waals surface area contributed by atoms with Gasteiger partial charge >= 0.3 is 0 Å². The van der Waals surface area contributed by atoms with Crippen molar-refractivity contribution < 1.29 is 4.74 Å². The number of aryl methyl sites for hydroxylation is 4. The summed E-state index contributed by atoms with van der Waals surface area (Å²) in [5.41, 5.74) is 3.45. The highest BCUT2D eigenvalue weighted by Crippen LogP contribution is 2.37. The highest BCUT2D eigenvalue weighted by Gasteiger charge is 2.21. The molecule has 0 radical (unpaired) electrons. The molecule has 24 heavy (non-hydrogen) atoms. The number of aromatic nitrogens is 2. The van der Waals surface area contributed by atoms with Crippen LogP contribution in [0.3, 0.4) is 0 Å². The van der Waals surface area contributed by atoms with Gasteiger partial charge in [-0.1, -0.05) is 0 Å². The summed E-state index contributed by atoms with van der Waals surface area (Å²) in [4.78, 5) is 24.9. The Bertz CT molecular complexity index is 1110. The topological polar surface area (TPSA) is 53.2 Å². The van der Waals surface area contributed by atoms with Crippen LogP contribution in [-0.2, 0) is 13.1 Å². The molecule has 5 nitrogen and oxygen atoms in total. The average Bonchev–Trinajstić information content (AvgIpc) is 2.76. The van der Waals surface area contributed by atoms with Crippen LogP contribution in [0.25, 0.3) is 21.8 Å². The van der Waals surface area contributed by atoms with Gasteiger partial charge in [0.25, 0.3) is 11.1 Å². The number of ether oxygens (including phenoxy) is 1. The fourth-order valence-electron chi connectivity index (χ4n) is 3.75. The summed E-state index contributed by atoms with van der Waals surface area (Å²) in [7, 11) is 0. The third-order valence-corrected chi connectivity index (χ3v) is 4.92. The predicted octanol–water partition coefficient (Wildman–Crippen LogP) is 2.74. The van der Waals surface area contributed by atoms with Crippen LogP contribution in [0.15, 0.2) is 27.8 Å². The Hall–Kier alpha value is -2.56. The first-order chi connectivity index (χ1) is 11.5. The average molecular weight is 324 g/mol. The van der Waals surface area contributed by atoms with E-state index in [1.54, 1.807) is 21.3 Å². The van der Waals surface area contributed by atoms with Crippen molar-refractivity contribution in [1.82, 2.24) is 9.13 Å². The summed E-state index contributed by atoms with van der Waals surface area (Å²) >= 11 is 0. The van der Waals surface area contributed by atoms with Crippen LogP contribution >= 0.6 is 0 Å². The van der Waals surface area contributed by atoms with Crippen molar-refractivity contribution in [2.24, 2.45) is 0 Å². The van der Waals surface area contributed by atoms with E-state index in [1.807, 2.05) is 20.8 Å². The van der Waals surface area contributed by atoms with Crippen LogP contribution in [-0.4, -0.2) is 15.7 Å². The Morgan fingerprint density at radius 2 is 1.67 bits per heavy atom. The van der Waals surface area contributed by atoms with Gasteiger partial charge in [0.1, 0.15) is 0 Å². The second-order valence-electron chi connectivity index (χ2n) is 6.43. The molecule has 0 saturated heterocycles. The zero-order valence-electron chi connectivity index (χ0n) is 14.2. The number of rotatable bonds is 1. The predicted molar refractivity (Wildman–Crippen MR) is 95.2 cm³/mol. The van der Waals surface area contributed by atoms with Gasteiger partial charge in [0.15, 0.2) is 5.75 Å². The third kappa shape index (κ3) is 1.94. The minimum atomic E-state index is -0.0347. The lowest BCUT2D eigenvalue weighted by Gasteiger charge is -2.18. The highest BCUT2D eigenvalue weighted by molar-refractivity contribution is 6.04. The fraction of sp³-hybridized carbons (Fsp3) is 0.368. The SMILES string of the molecule is CCn1c(=O)cc(C)c2cc3c(C)cc(=O)n4c3c(c21)OCCC4. The zero-order valence-corrected chi connectivity index (χ0v) is 14.2. The summed E-state index contributed by atoms with van der Waals surface area (Å²) in [6.07, 6.45) is 0.774. The molecule has 124 valence electrons. The molecule has 4 rings (SSSR count). The van der Waals surface area contributed by atoms with Crippen molar-refractivity contribution in [3.8, 4) is 5.75 Å². The van der Waals surface area contributed by atoms with Crippen LogP contribution in [0.4, 0.5) is 0 Å². The smallest absolute Gasteiger partial charge is 0.251 e. The van der Waals surface area contributed by atoms with Crippen molar-refractivity contribution in [3.05, 3.63) is 50.0 Å². The van der Waals surface area contributed by atoms with Crippen LogP contribution in [0, 0.1) is 13.8 Å². The Kier molecular flexibility index (Phi) is 3.27. The monoisotopic (exact) mass is 324 g/mol. The van der Waals surface area contributed by atoms with Crippen LogP contribution in [0.2, 0.25) is 0 Å². The molecule has 0 N–H and O–H groups in total. The molecule has 0 fully saturated rings. The summed E-state index contributed by atoms with van der Waals surface area (Å²) in [6.45, 7) is 7.59. The molecule has 0 unspecified atom stereocenters. The van der Waals surface area contributed by atoms with E-state index in [4.69, 9.17) is 4.74 Å². The summed E-state index contributed by atoms with van der Waals surface area (Å²) in [5, 5.41) is 2.03. The number of nitrogens with zero attached hydrogens (tertiary/aromatic N) is 2. The van der Waals surface area contributed by atoms with E-state index in [0.29, 0.717) is 25.4 Å². The maximum atomic E-state index is 12.5. The van der Waals surface area contributed by atoms with Gasteiger partial charge in [0, 0.05) is 36.0 Å². The normalized spacial score (nSPS) is 14.0. The fourth-order valence-corrected chi connectivity index (χ4v) is 3.75. The lowest BCUT2D eigenvalue weighted by molar-refractivity contribution is 0.317. The van der Waals surface area contributed by atoms with Gasteiger partial charge in [0.2, 0.25) is 0 Å². The summed E-state index contributed by atoms with van der Waals surface area (Å²) in [6, 6.07) is 5.45. The van der Waals surface area contributed by atoms with Gasteiger partial charge < -0.3 is 13.9 Å². The van der Waals surface area contributed by atoms with Gasteiger partial charge in [-0.3, -0.25) is 9.59 Å². The molecule has 3 heterocycles. The van der Waals surface area contributed by atoms with Gasteiger partial charge in [-0.2, -0.15) is 0 Å². The quantitative estimate of drug-likeness (QED) is 0.647. The standard InChI is InChI=1S/C19H20N2O3/c1-4-20-15(22)8-11(2)13-10-14-12(3)9-16(23)21-6-5-7-24-19(17(13)20)18(14)21/h8-10H,4-7H2,1-3H3. The van der Waals surface area contributed by atoms with Crippen molar-refractivity contribution in [3.63, 3.8) is 0 Å². The van der Waals surface area contributed by atoms with E-state index in [-0.39, 0.29) is 11.1 Å². The number of hydrogen-bond acceptors (Lipinski definition) is 3. The van der Waals surface area contributed by atoms with Gasteiger partial charge in [-0.05, 0) is 44.4 Å². The molecule has 2 aromatic heterocycles. The molecule has 0 amide bonds. The third-order valence-electron chi connectivity index (χ3n) is 4.92. The van der Waals surface area contributed by atoms with Crippen LogP contribution in [0.5, 0.6) is 5.75 Å². The molecule has 1 aromatic carbocycles. The first-order valence-corrected chi connectivity index (χ1v) is 8.37. The molecule has 1 aliphatic rings. The molecular formula is C19H20N2O3.